The number of rotatable bonds is 7. The molecule has 1 N–H and O–H groups in total. The summed E-state index contributed by atoms with van der Waals surface area (Å²) in [6.07, 6.45) is 0.305. The van der Waals surface area contributed by atoms with Gasteiger partial charge in [-0.2, -0.15) is 0 Å². The second-order valence-corrected chi connectivity index (χ2v) is 7.83. The first-order valence-corrected chi connectivity index (χ1v) is 10.3. The van der Waals surface area contributed by atoms with Gasteiger partial charge < -0.3 is 15.0 Å². The van der Waals surface area contributed by atoms with Gasteiger partial charge in [-0.25, -0.2) is 4.79 Å². The summed E-state index contributed by atoms with van der Waals surface area (Å²) in [7, 11) is 0. The first-order chi connectivity index (χ1) is 14.8. The normalized spacial score (nSPS) is 14.5. The van der Waals surface area contributed by atoms with E-state index in [2.05, 4.69) is 5.32 Å². The maximum Gasteiger partial charge on any atom is 0.338 e. The van der Waals surface area contributed by atoms with Crippen LogP contribution >= 0.6 is 0 Å². The van der Waals surface area contributed by atoms with E-state index < -0.39 is 12.1 Å². The number of ether oxygens (including phenoxy) is 1. The Morgan fingerprint density at radius 1 is 1.00 bits per heavy atom. The number of anilines is 2. The molecule has 0 aliphatic carbocycles. The molecule has 1 fully saturated rings. The smallest absolute Gasteiger partial charge is 0.338 e. The van der Waals surface area contributed by atoms with Gasteiger partial charge >= 0.3 is 5.97 Å². The monoisotopic (exact) mass is 422 g/mol. The fraction of sp³-hybridized carbons (Fsp3) is 0.333. The molecule has 2 aromatic rings. The summed E-state index contributed by atoms with van der Waals surface area (Å²) in [5, 5.41) is 2.76. The van der Waals surface area contributed by atoms with E-state index in [4.69, 9.17) is 4.74 Å². The number of esters is 1. The summed E-state index contributed by atoms with van der Waals surface area (Å²) in [4.78, 5) is 50.6. The highest BCUT2D eigenvalue weighted by atomic mass is 16.5. The van der Waals surface area contributed by atoms with E-state index in [0.717, 1.165) is 6.42 Å². The van der Waals surface area contributed by atoms with Crippen LogP contribution in [0.4, 0.5) is 11.4 Å². The minimum Gasteiger partial charge on any atom is -0.451 e. The number of nitrogens with one attached hydrogen (secondary N) is 1. The number of ketones is 1. The van der Waals surface area contributed by atoms with Crippen molar-refractivity contribution in [2.75, 3.05) is 16.8 Å². The minimum absolute atomic E-state index is 0.0297. The lowest BCUT2D eigenvalue weighted by atomic mass is 10.1. The van der Waals surface area contributed by atoms with E-state index >= 15 is 0 Å². The van der Waals surface area contributed by atoms with E-state index in [9.17, 15) is 19.2 Å². The molecule has 1 saturated heterocycles. The average Bonchev–Trinajstić information content (AvgIpc) is 3.19. The highest BCUT2D eigenvalue weighted by Crippen LogP contribution is 2.23. The average molecular weight is 422 g/mol. The number of hydrogen-bond donors (Lipinski definition) is 1. The van der Waals surface area contributed by atoms with Gasteiger partial charge in [0.25, 0.3) is 0 Å². The van der Waals surface area contributed by atoms with Crippen molar-refractivity contribution in [3.8, 4) is 0 Å². The van der Waals surface area contributed by atoms with Crippen molar-refractivity contribution >= 4 is 34.9 Å². The van der Waals surface area contributed by atoms with Crippen LogP contribution in [0, 0.1) is 5.92 Å². The maximum atomic E-state index is 12.7. The second kappa shape index (κ2) is 9.55. The van der Waals surface area contributed by atoms with Crippen molar-refractivity contribution in [2.45, 2.75) is 39.7 Å². The van der Waals surface area contributed by atoms with Crippen LogP contribution in [0.15, 0.2) is 48.5 Å². The lowest BCUT2D eigenvalue weighted by Gasteiger charge is -2.17. The van der Waals surface area contributed by atoms with Crippen molar-refractivity contribution in [2.24, 2.45) is 5.92 Å². The van der Waals surface area contributed by atoms with Gasteiger partial charge in [-0.15, -0.1) is 0 Å². The highest BCUT2D eigenvalue weighted by Gasteiger charge is 2.24. The maximum absolute atomic E-state index is 12.7. The molecule has 0 radical (unpaired) electrons. The van der Waals surface area contributed by atoms with Crippen molar-refractivity contribution in [3.05, 3.63) is 59.7 Å². The Kier molecular flexibility index (Phi) is 6.84. The summed E-state index contributed by atoms with van der Waals surface area (Å²) in [6.45, 7) is 5.73. The van der Waals surface area contributed by atoms with Crippen molar-refractivity contribution in [1.29, 1.82) is 0 Å². The molecule has 1 aliphatic heterocycles. The molecule has 7 heteroatoms. The fourth-order valence-electron chi connectivity index (χ4n) is 3.24. The predicted octanol–water partition coefficient (Wildman–Crippen LogP) is 3.84. The molecular weight excluding hydrogens is 396 g/mol. The molecule has 2 amide bonds. The van der Waals surface area contributed by atoms with Crippen LogP contribution in [0.25, 0.3) is 0 Å². The Hall–Kier alpha value is -3.48. The van der Waals surface area contributed by atoms with Gasteiger partial charge in [0.2, 0.25) is 17.6 Å². The van der Waals surface area contributed by atoms with E-state index in [1.165, 1.54) is 6.92 Å². The van der Waals surface area contributed by atoms with Gasteiger partial charge in [-0.3, -0.25) is 14.4 Å². The summed E-state index contributed by atoms with van der Waals surface area (Å²) >= 11 is 0. The largest absolute Gasteiger partial charge is 0.451 e. The highest BCUT2D eigenvalue weighted by molar-refractivity contribution is 6.02. The molecule has 31 heavy (non-hydrogen) atoms. The Balaban J connectivity index is 1.63. The number of benzene rings is 2. The first kappa shape index (κ1) is 22.2. The SMILES string of the molecule is CC(C)C(=O)Nc1ccc(C(=O)C(C)OC(=O)c2cccc(N3CCCC3=O)c2)cc1. The van der Waals surface area contributed by atoms with Gasteiger partial charge in [0.05, 0.1) is 5.56 Å². The molecule has 0 saturated carbocycles. The molecule has 0 aromatic heterocycles. The number of nitrogens with zero attached hydrogens (tertiary/aromatic N) is 1. The molecule has 2 aromatic carbocycles. The lowest BCUT2D eigenvalue weighted by Crippen LogP contribution is -2.26. The van der Waals surface area contributed by atoms with Gasteiger partial charge in [0, 0.05) is 35.8 Å². The summed E-state index contributed by atoms with van der Waals surface area (Å²) < 4.78 is 5.36. The standard InChI is InChI=1S/C24H26N2O5/c1-15(2)23(29)25-19-11-9-17(10-12-19)22(28)16(3)31-24(30)18-6-4-7-20(14-18)26-13-5-8-21(26)27/h4,6-7,9-12,14-16H,5,8,13H2,1-3H3,(H,25,29). The quantitative estimate of drug-likeness (QED) is 0.541. The molecule has 1 heterocycles. The second-order valence-electron chi connectivity index (χ2n) is 7.83. The Labute approximate surface area is 181 Å². The van der Waals surface area contributed by atoms with Gasteiger partial charge in [0.1, 0.15) is 0 Å². The van der Waals surface area contributed by atoms with Crippen LogP contribution in [0.5, 0.6) is 0 Å². The minimum atomic E-state index is -0.985. The Bertz CT molecular complexity index is 997. The van der Waals surface area contributed by atoms with Crippen LogP contribution in [-0.2, 0) is 14.3 Å². The molecule has 162 valence electrons. The van der Waals surface area contributed by atoms with Crippen molar-refractivity contribution < 1.29 is 23.9 Å². The number of Topliss-reactive ketones (excluding diaryl/α,β-unsaturated/α-hetero) is 1. The summed E-state index contributed by atoms with van der Waals surface area (Å²) in [6, 6.07) is 13.1. The van der Waals surface area contributed by atoms with Crippen LogP contribution in [0.3, 0.4) is 0 Å². The van der Waals surface area contributed by atoms with Gasteiger partial charge in [-0.05, 0) is 55.8 Å². The topological polar surface area (TPSA) is 92.8 Å². The zero-order valence-corrected chi connectivity index (χ0v) is 17.9. The summed E-state index contributed by atoms with van der Waals surface area (Å²) in [5.41, 5.74) is 1.89. The Morgan fingerprint density at radius 2 is 1.71 bits per heavy atom. The Morgan fingerprint density at radius 3 is 2.32 bits per heavy atom. The number of carbonyl (C=O) groups is 4. The zero-order valence-electron chi connectivity index (χ0n) is 17.9. The third-order valence-electron chi connectivity index (χ3n) is 5.08. The van der Waals surface area contributed by atoms with E-state index in [0.29, 0.717) is 29.9 Å². The van der Waals surface area contributed by atoms with E-state index in [1.54, 1.807) is 67.3 Å². The third kappa shape index (κ3) is 5.36. The predicted molar refractivity (Wildman–Crippen MR) is 117 cm³/mol. The van der Waals surface area contributed by atoms with Crippen LogP contribution in [0.1, 0.15) is 54.3 Å². The molecule has 1 unspecified atom stereocenters. The van der Waals surface area contributed by atoms with Gasteiger partial charge in [0.15, 0.2) is 6.10 Å². The number of carbonyl (C=O) groups excluding carboxylic acids is 4. The van der Waals surface area contributed by atoms with E-state index in [-0.39, 0.29) is 29.1 Å². The molecule has 7 nitrogen and oxygen atoms in total. The fourth-order valence-corrected chi connectivity index (χ4v) is 3.24. The first-order valence-electron chi connectivity index (χ1n) is 10.3. The zero-order chi connectivity index (χ0) is 22.5. The van der Waals surface area contributed by atoms with Crippen LogP contribution in [0.2, 0.25) is 0 Å². The van der Waals surface area contributed by atoms with Gasteiger partial charge in [-0.1, -0.05) is 19.9 Å². The van der Waals surface area contributed by atoms with E-state index in [1.807, 2.05) is 0 Å². The molecule has 3 rings (SSSR count). The number of amides is 2. The van der Waals surface area contributed by atoms with Crippen LogP contribution in [-0.4, -0.2) is 36.2 Å². The van der Waals surface area contributed by atoms with Crippen molar-refractivity contribution in [1.82, 2.24) is 0 Å². The third-order valence-corrected chi connectivity index (χ3v) is 5.08. The summed E-state index contributed by atoms with van der Waals surface area (Å²) in [5.74, 6) is -1.21. The number of hydrogen-bond acceptors (Lipinski definition) is 5. The molecular formula is C24H26N2O5. The van der Waals surface area contributed by atoms with Crippen molar-refractivity contribution in [3.63, 3.8) is 0 Å². The molecule has 1 aliphatic rings. The van der Waals surface area contributed by atoms with Crippen LogP contribution < -0.4 is 10.2 Å². The molecule has 0 bridgehead atoms. The lowest BCUT2D eigenvalue weighted by molar-refractivity contribution is -0.119. The molecule has 0 spiro atoms. The molecule has 1 atom stereocenters.